The van der Waals surface area contributed by atoms with Crippen LogP contribution in [0.15, 0.2) is 0 Å². The quantitative estimate of drug-likeness (QED) is 0.529. The maximum Gasteiger partial charge on any atom is 0.326 e. The van der Waals surface area contributed by atoms with Crippen molar-refractivity contribution in [1.29, 1.82) is 0 Å². The van der Waals surface area contributed by atoms with Crippen molar-refractivity contribution >= 4 is 12.0 Å². The molecular weight excluding hydrogens is 224 g/mol. The number of ether oxygens (including phenoxy) is 1. The average molecular weight is 246 g/mol. The summed E-state index contributed by atoms with van der Waals surface area (Å²) in [6.45, 7) is 5.50. The van der Waals surface area contributed by atoms with Crippen molar-refractivity contribution in [1.82, 2.24) is 10.6 Å². The van der Waals surface area contributed by atoms with E-state index in [0.29, 0.717) is 39.0 Å². The van der Waals surface area contributed by atoms with Gasteiger partial charge in [0.1, 0.15) is 6.04 Å². The molecule has 0 aliphatic heterocycles. The summed E-state index contributed by atoms with van der Waals surface area (Å²) in [6.07, 6.45) is 1.86. The van der Waals surface area contributed by atoms with E-state index in [4.69, 9.17) is 9.84 Å². The van der Waals surface area contributed by atoms with E-state index in [1.165, 1.54) is 0 Å². The highest BCUT2D eigenvalue weighted by atomic mass is 16.5. The van der Waals surface area contributed by atoms with E-state index in [9.17, 15) is 9.59 Å². The molecule has 17 heavy (non-hydrogen) atoms. The fourth-order valence-electron chi connectivity index (χ4n) is 1.28. The van der Waals surface area contributed by atoms with Gasteiger partial charge < -0.3 is 20.5 Å². The number of carbonyl (C=O) groups excluding carboxylic acids is 1. The highest BCUT2D eigenvalue weighted by Gasteiger charge is 2.17. The normalized spacial score (nSPS) is 11.9. The van der Waals surface area contributed by atoms with Gasteiger partial charge in [-0.3, -0.25) is 0 Å². The minimum Gasteiger partial charge on any atom is -0.480 e. The van der Waals surface area contributed by atoms with Crippen molar-refractivity contribution in [3.63, 3.8) is 0 Å². The standard InChI is InChI=1S/C11H22N2O4/c1-3-6-9(10(14)15)13-11(16)12-7-5-8-17-4-2/h9H,3-8H2,1-2H3,(H,14,15)(H2,12,13,16)/t9-/m1/s1. The molecule has 0 bridgehead atoms. The van der Waals surface area contributed by atoms with Crippen LogP contribution in [0.3, 0.4) is 0 Å². The molecule has 0 aliphatic carbocycles. The second-order valence-corrected chi connectivity index (χ2v) is 3.63. The van der Waals surface area contributed by atoms with Crippen LogP contribution in [0, 0.1) is 0 Å². The van der Waals surface area contributed by atoms with Gasteiger partial charge in [0.05, 0.1) is 0 Å². The van der Waals surface area contributed by atoms with Gasteiger partial charge in [-0.1, -0.05) is 13.3 Å². The summed E-state index contributed by atoms with van der Waals surface area (Å²) in [4.78, 5) is 22.1. The molecule has 2 amide bonds. The molecule has 0 fully saturated rings. The lowest BCUT2D eigenvalue weighted by atomic mass is 10.2. The summed E-state index contributed by atoms with van der Waals surface area (Å²) in [7, 11) is 0. The van der Waals surface area contributed by atoms with Gasteiger partial charge in [-0.2, -0.15) is 0 Å². The second-order valence-electron chi connectivity index (χ2n) is 3.63. The Balaban J connectivity index is 3.71. The largest absolute Gasteiger partial charge is 0.480 e. The summed E-state index contributed by atoms with van der Waals surface area (Å²) >= 11 is 0. The Bertz CT molecular complexity index is 234. The Morgan fingerprint density at radius 1 is 1.35 bits per heavy atom. The fourth-order valence-corrected chi connectivity index (χ4v) is 1.28. The lowest BCUT2D eigenvalue weighted by molar-refractivity contribution is -0.139. The van der Waals surface area contributed by atoms with Crippen LogP contribution in [-0.4, -0.2) is 42.9 Å². The molecule has 0 saturated heterocycles. The summed E-state index contributed by atoms with van der Waals surface area (Å²) in [5.74, 6) is -1.00. The fraction of sp³-hybridized carbons (Fsp3) is 0.818. The molecule has 0 aromatic rings. The number of aliphatic carboxylic acids is 1. The van der Waals surface area contributed by atoms with Gasteiger partial charge in [0.25, 0.3) is 0 Å². The molecule has 0 saturated carbocycles. The average Bonchev–Trinajstić information content (AvgIpc) is 2.28. The third-order valence-corrected chi connectivity index (χ3v) is 2.14. The minimum atomic E-state index is -1.00. The Morgan fingerprint density at radius 3 is 2.59 bits per heavy atom. The first kappa shape index (κ1) is 15.7. The number of rotatable bonds is 9. The third-order valence-electron chi connectivity index (χ3n) is 2.14. The maximum absolute atomic E-state index is 11.3. The van der Waals surface area contributed by atoms with Crippen LogP contribution in [0.5, 0.6) is 0 Å². The monoisotopic (exact) mass is 246 g/mol. The summed E-state index contributed by atoms with van der Waals surface area (Å²) < 4.78 is 5.11. The zero-order valence-corrected chi connectivity index (χ0v) is 10.5. The van der Waals surface area contributed by atoms with E-state index in [1.807, 2.05) is 13.8 Å². The molecule has 0 aromatic heterocycles. The van der Waals surface area contributed by atoms with Gasteiger partial charge in [-0.15, -0.1) is 0 Å². The molecule has 3 N–H and O–H groups in total. The van der Waals surface area contributed by atoms with Gasteiger partial charge in [-0.05, 0) is 19.8 Å². The highest BCUT2D eigenvalue weighted by molar-refractivity contribution is 5.82. The van der Waals surface area contributed by atoms with Crippen molar-refractivity contribution in [2.24, 2.45) is 0 Å². The molecule has 6 heteroatoms. The predicted molar refractivity (Wildman–Crippen MR) is 64.0 cm³/mol. The Kier molecular flexibility index (Phi) is 9.14. The van der Waals surface area contributed by atoms with E-state index in [2.05, 4.69) is 10.6 Å². The molecule has 6 nitrogen and oxygen atoms in total. The van der Waals surface area contributed by atoms with E-state index in [1.54, 1.807) is 0 Å². The first-order valence-corrected chi connectivity index (χ1v) is 5.96. The second kappa shape index (κ2) is 9.89. The lowest BCUT2D eigenvalue weighted by Gasteiger charge is -2.14. The van der Waals surface area contributed by atoms with Gasteiger partial charge in [0.15, 0.2) is 0 Å². The smallest absolute Gasteiger partial charge is 0.326 e. The highest BCUT2D eigenvalue weighted by Crippen LogP contribution is 1.96. The molecule has 0 unspecified atom stereocenters. The lowest BCUT2D eigenvalue weighted by Crippen LogP contribution is -2.46. The number of nitrogens with one attached hydrogen (secondary N) is 2. The molecule has 0 rings (SSSR count). The van der Waals surface area contributed by atoms with Crippen molar-refractivity contribution in [3.8, 4) is 0 Å². The summed E-state index contributed by atoms with van der Waals surface area (Å²) in [5, 5.41) is 13.8. The SMILES string of the molecule is CCC[C@@H](NC(=O)NCCCOCC)C(=O)O. The van der Waals surface area contributed by atoms with Crippen LogP contribution >= 0.6 is 0 Å². The molecule has 0 heterocycles. The van der Waals surface area contributed by atoms with Crippen molar-refractivity contribution in [2.45, 2.75) is 39.2 Å². The topological polar surface area (TPSA) is 87.7 Å². The van der Waals surface area contributed by atoms with E-state index < -0.39 is 18.0 Å². The van der Waals surface area contributed by atoms with Crippen LogP contribution in [-0.2, 0) is 9.53 Å². The summed E-state index contributed by atoms with van der Waals surface area (Å²) in [6, 6.07) is -1.26. The van der Waals surface area contributed by atoms with Gasteiger partial charge >= 0.3 is 12.0 Å². The molecule has 100 valence electrons. The van der Waals surface area contributed by atoms with Gasteiger partial charge in [-0.25, -0.2) is 9.59 Å². The molecule has 0 aliphatic rings. The van der Waals surface area contributed by atoms with E-state index in [0.717, 1.165) is 0 Å². The predicted octanol–water partition coefficient (Wildman–Crippen LogP) is 0.965. The number of carboxylic acid groups (broad SMARTS) is 1. The number of amides is 2. The number of carboxylic acids is 1. The Labute approximate surface area is 102 Å². The first-order chi connectivity index (χ1) is 8.11. The van der Waals surface area contributed by atoms with Crippen LogP contribution in [0.25, 0.3) is 0 Å². The summed E-state index contributed by atoms with van der Waals surface area (Å²) in [5.41, 5.74) is 0. The Morgan fingerprint density at radius 2 is 2.06 bits per heavy atom. The van der Waals surface area contributed by atoms with Gasteiger partial charge in [0, 0.05) is 19.8 Å². The zero-order chi connectivity index (χ0) is 13.1. The number of hydrogen-bond acceptors (Lipinski definition) is 3. The zero-order valence-electron chi connectivity index (χ0n) is 10.5. The minimum absolute atomic E-state index is 0.432. The van der Waals surface area contributed by atoms with E-state index >= 15 is 0 Å². The van der Waals surface area contributed by atoms with Crippen LogP contribution in [0.4, 0.5) is 4.79 Å². The maximum atomic E-state index is 11.3. The Hall–Kier alpha value is -1.30. The number of hydrogen-bond donors (Lipinski definition) is 3. The van der Waals surface area contributed by atoms with Crippen molar-refractivity contribution in [2.75, 3.05) is 19.8 Å². The van der Waals surface area contributed by atoms with Crippen molar-refractivity contribution < 1.29 is 19.4 Å². The van der Waals surface area contributed by atoms with E-state index in [-0.39, 0.29) is 0 Å². The molecule has 0 aromatic carbocycles. The number of carbonyl (C=O) groups is 2. The molecule has 1 atom stereocenters. The van der Waals surface area contributed by atoms with Gasteiger partial charge in [0.2, 0.25) is 0 Å². The van der Waals surface area contributed by atoms with Crippen LogP contribution < -0.4 is 10.6 Å². The van der Waals surface area contributed by atoms with Crippen LogP contribution in [0.2, 0.25) is 0 Å². The molecule has 0 radical (unpaired) electrons. The first-order valence-electron chi connectivity index (χ1n) is 5.96. The third kappa shape index (κ3) is 8.50. The number of urea groups is 1. The van der Waals surface area contributed by atoms with Crippen LogP contribution in [0.1, 0.15) is 33.1 Å². The van der Waals surface area contributed by atoms with Crippen molar-refractivity contribution in [3.05, 3.63) is 0 Å². The molecule has 0 spiro atoms. The molecular formula is C11H22N2O4.